The van der Waals surface area contributed by atoms with Crippen molar-refractivity contribution in [2.45, 2.75) is 6.92 Å². The number of methoxy groups -OCH3 is 1. The van der Waals surface area contributed by atoms with Crippen molar-refractivity contribution in [3.05, 3.63) is 63.9 Å². The predicted molar refractivity (Wildman–Crippen MR) is 113 cm³/mol. The van der Waals surface area contributed by atoms with Gasteiger partial charge in [0.25, 0.3) is 5.56 Å². The van der Waals surface area contributed by atoms with Crippen LogP contribution in [0.5, 0.6) is 0 Å². The lowest BCUT2D eigenvalue weighted by molar-refractivity contribution is 0.0601. The standard InChI is InChI=1S/C21H21N3O3S/c1-14-4-3-5-16(12-14)24-19(25)17-7-6-15(20(26)27-2)13-18(17)22-21(24)23-8-10-28-11-9-23/h3-7,12-13H,8-11H2,1-2H3. The van der Waals surface area contributed by atoms with Gasteiger partial charge in [-0.3, -0.25) is 4.79 Å². The summed E-state index contributed by atoms with van der Waals surface area (Å²) in [5.41, 5.74) is 2.62. The molecule has 28 heavy (non-hydrogen) atoms. The smallest absolute Gasteiger partial charge is 0.337 e. The molecule has 0 bridgehead atoms. The summed E-state index contributed by atoms with van der Waals surface area (Å²) in [6.07, 6.45) is 0. The van der Waals surface area contributed by atoms with Crippen molar-refractivity contribution < 1.29 is 9.53 Å². The summed E-state index contributed by atoms with van der Waals surface area (Å²) >= 11 is 1.90. The first-order valence-corrected chi connectivity index (χ1v) is 10.3. The number of ether oxygens (including phenoxy) is 1. The second kappa shape index (κ2) is 7.67. The van der Waals surface area contributed by atoms with Crippen molar-refractivity contribution in [1.82, 2.24) is 9.55 Å². The Hall–Kier alpha value is -2.80. The molecule has 144 valence electrons. The maximum Gasteiger partial charge on any atom is 0.337 e. The van der Waals surface area contributed by atoms with E-state index in [1.165, 1.54) is 7.11 Å². The van der Waals surface area contributed by atoms with E-state index in [1.54, 1.807) is 22.8 Å². The lowest BCUT2D eigenvalue weighted by atomic mass is 10.1. The Kier molecular flexibility index (Phi) is 5.09. The minimum Gasteiger partial charge on any atom is -0.465 e. The second-order valence-corrected chi connectivity index (χ2v) is 7.94. The summed E-state index contributed by atoms with van der Waals surface area (Å²) < 4.78 is 6.49. The SMILES string of the molecule is COC(=O)c1ccc2c(=O)n(-c3cccc(C)c3)c(N3CCSCC3)nc2c1. The zero-order valence-corrected chi connectivity index (χ0v) is 16.7. The molecular formula is C21H21N3O3S. The summed E-state index contributed by atoms with van der Waals surface area (Å²) in [6, 6.07) is 12.7. The van der Waals surface area contributed by atoms with Gasteiger partial charge in [-0.25, -0.2) is 14.3 Å². The van der Waals surface area contributed by atoms with Gasteiger partial charge in [-0.2, -0.15) is 11.8 Å². The minimum absolute atomic E-state index is 0.139. The maximum atomic E-state index is 13.4. The second-order valence-electron chi connectivity index (χ2n) is 6.71. The molecule has 0 atom stereocenters. The third-order valence-electron chi connectivity index (χ3n) is 4.83. The summed E-state index contributed by atoms with van der Waals surface area (Å²) in [6.45, 7) is 3.65. The molecule has 0 spiro atoms. The quantitative estimate of drug-likeness (QED) is 0.635. The molecule has 0 N–H and O–H groups in total. The number of carbonyl (C=O) groups is 1. The van der Waals surface area contributed by atoms with E-state index in [0.29, 0.717) is 22.4 Å². The van der Waals surface area contributed by atoms with E-state index >= 15 is 0 Å². The molecule has 2 aromatic carbocycles. The molecule has 6 nitrogen and oxygen atoms in total. The third kappa shape index (κ3) is 3.38. The molecule has 1 aliphatic heterocycles. The van der Waals surface area contributed by atoms with Crippen molar-refractivity contribution in [3.63, 3.8) is 0 Å². The van der Waals surface area contributed by atoms with Crippen LogP contribution < -0.4 is 10.5 Å². The number of nitrogens with zero attached hydrogens (tertiary/aromatic N) is 3. The average Bonchev–Trinajstić information content (AvgIpc) is 2.73. The normalized spacial score (nSPS) is 14.3. The summed E-state index contributed by atoms with van der Waals surface area (Å²) in [4.78, 5) is 32.3. The molecule has 1 fully saturated rings. The number of hydrogen-bond acceptors (Lipinski definition) is 6. The number of anilines is 1. The van der Waals surface area contributed by atoms with Crippen LogP contribution in [0, 0.1) is 6.92 Å². The van der Waals surface area contributed by atoms with E-state index in [1.807, 2.05) is 43.0 Å². The van der Waals surface area contributed by atoms with Gasteiger partial charge in [0.1, 0.15) is 0 Å². The molecule has 0 unspecified atom stereocenters. The van der Waals surface area contributed by atoms with Crippen LogP contribution in [0.4, 0.5) is 5.95 Å². The summed E-state index contributed by atoms with van der Waals surface area (Å²) in [7, 11) is 1.34. The van der Waals surface area contributed by atoms with E-state index in [9.17, 15) is 9.59 Å². The zero-order chi connectivity index (χ0) is 19.7. The average molecular weight is 395 g/mol. The fourth-order valence-electron chi connectivity index (χ4n) is 3.39. The molecule has 2 heterocycles. The number of fused-ring (bicyclic) bond motifs is 1. The molecule has 1 saturated heterocycles. The molecule has 0 amide bonds. The number of aromatic nitrogens is 2. The molecule has 0 saturated carbocycles. The van der Waals surface area contributed by atoms with E-state index in [2.05, 4.69) is 4.90 Å². The van der Waals surface area contributed by atoms with Gasteiger partial charge in [0, 0.05) is 24.6 Å². The fourth-order valence-corrected chi connectivity index (χ4v) is 4.30. The van der Waals surface area contributed by atoms with Crippen molar-refractivity contribution in [1.29, 1.82) is 0 Å². The predicted octanol–water partition coefficient (Wildman–Crippen LogP) is 3.03. The van der Waals surface area contributed by atoms with Crippen molar-refractivity contribution in [2.24, 2.45) is 0 Å². The van der Waals surface area contributed by atoms with E-state index in [4.69, 9.17) is 9.72 Å². The van der Waals surface area contributed by atoms with Crippen LogP contribution >= 0.6 is 11.8 Å². The number of thioether (sulfide) groups is 1. The van der Waals surface area contributed by atoms with Crippen LogP contribution in [0.25, 0.3) is 16.6 Å². The monoisotopic (exact) mass is 395 g/mol. The highest BCUT2D eigenvalue weighted by Gasteiger charge is 2.21. The number of carbonyl (C=O) groups excluding carboxylic acids is 1. The largest absolute Gasteiger partial charge is 0.465 e. The van der Waals surface area contributed by atoms with Crippen LogP contribution in [-0.4, -0.2) is 47.2 Å². The molecule has 0 aliphatic carbocycles. The Bertz CT molecular complexity index is 1100. The summed E-state index contributed by atoms with van der Waals surface area (Å²) in [5, 5.41) is 0.476. The van der Waals surface area contributed by atoms with Gasteiger partial charge in [-0.15, -0.1) is 0 Å². The van der Waals surface area contributed by atoms with Crippen LogP contribution in [0.1, 0.15) is 15.9 Å². The lowest BCUT2D eigenvalue weighted by Gasteiger charge is -2.29. The highest BCUT2D eigenvalue weighted by Crippen LogP contribution is 2.23. The van der Waals surface area contributed by atoms with E-state index in [-0.39, 0.29) is 5.56 Å². The van der Waals surface area contributed by atoms with Gasteiger partial charge in [0.15, 0.2) is 0 Å². The Morgan fingerprint density at radius 2 is 1.93 bits per heavy atom. The molecule has 0 radical (unpaired) electrons. The van der Waals surface area contributed by atoms with Crippen molar-refractivity contribution in [2.75, 3.05) is 36.6 Å². The van der Waals surface area contributed by atoms with Gasteiger partial charge in [0.05, 0.1) is 29.3 Å². The van der Waals surface area contributed by atoms with Crippen LogP contribution in [0.3, 0.4) is 0 Å². The van der Waals surface area contributed by atoms with Gasteiger partial charge in [-0.1, -0.05) is 12.1 Å². The Balaban J connectivity index is 1.98. The highest BCUT2D eigenvalue weighted by molar-refractivity contribution is 7.99. The Labute approximate surface area is 167 Å². The van der Waals surface area contributed by atoms with Gasteiger partial charge in [0.2, 0.25) is 5.95 Å². The number of benzene rings is 2. The number of rotatable bonds is 3. The van der Waals surface area contributed by atoms with Crippen LogP contribution in [0.15, 0.2) is 47.3 Å². The molecule has 1 aromatic heterocycles. The highest BCUT2D eigenvalue weighted by atomic mass is 32.2. The fraction of sp³-hybridized carbons (Fsp3) is 0.286. The Morgan fingerprint density at radius 3 is 2.64 bits per heavy atom. The van der Waals surface area contributed by atoms with E-state index < -0.39 is 5.97 Å². The number of esters is 1. The van der Waals surface area contributed by atoms with Crippen LogP contribution in [0.2, 0.25) is 0 Å². The van der Waals surface area contributed by atoms with Crippen LogP contribution in [-0.2, 0) is 4.74 Å². The zero-order valence-electron chi connectivity index (χ0n) is 15.8. The molecule has 7 heteroatoms. The van der Waals surface area contributed by atoms with E-state index in [0.717, 1.165) is 35.8 Å². The first-order valence-electron chi connectivity index (χ1n) is 9.13. The molecular weight excluding hydrogens is 374 g/mol. The van der Waals surface area contributed by atoms with Crippen molar-refractivity contribution >= 4 is 34.6 Å². The van der Waals surface area contributed by atoms with Gasteiger partial charge >= 0.3 is 5.97 Å². The first-order chi connectivity index (χ1) is 13.6. The lowest BCUT2D eigenvalue weighted by Crippen LogP contribution is -2.38. The molecule has 3 aromatic rings. The first kappa shape index (κ1) is 18.6. The van der Waals surface area contributed by atoms with Gasteiger partial charge < -0.3 is 9.64 Å². The number of hydrogen-bond donors (Lipinski definition) is 0. The number of aryl methyl sites for hydroxylation is 1. The maximum absolute atomic E-state index is 13.4. The van der Waals surface area contributed by atoms with Gasteiger partial charge in [-0.05, 0) is 42.8 Å². The molecule has 4 rings (SSSR count). The minimum atomic E-state index is -0.442. The summed E-state index contributed by atoms with van der Waals surface area (Å²) in [5.74, 6) is 2.15. The third-order valence-corrected chi connectivity index (χ3v) is 5.77. The topological polar surface area (TPSA) is 64.4 Å². The molecule has 1 aliphatic rings. The Morgan fingerprint density at radius 1 is 1.14 bits per heavy atom. The van der Waals surface area contributed by atoms with Crippen molar-refractivity contribution in [3.8, 4) is 5.69 Å².